The predicted octanol–water partition coefficient (Wildman–Crippen LogP) is -0.256. The van der Waals surface area contributed by atoms with Gasteiger partial charge in [-0.3, -0.25) is 14.5 Å². The molecule has 1 fully saturated rings. The van der Waals surface area contributed by atoms with Crippen molar-refractivity contribution in [3.63, 3.8) is 0 Å². The maximum Gasteiger partial charge on any atom is 0.172 e. The topological polar surface area (TPSA) is 77.8 Å². The van der Waals surface area contributed by atoms with E-state index in [1.165, 1.54) is 6.42 Å². The minimum absolute atomic E-state index is 0.104. The Morgan fingerprint density at radius 3 is 1.82 bits per heavy atom. The number of ketones is 2. The van der Waals surface area contributed by atoms with Crippen molar-refractivity contribution in [3.05, 3.63) is 0 Å². The summed E-state index contributed by atoms with van der Waals surface area (Å²) in [5, 5.41) is 17.5. The summed E-state index contributed by atoms with van der Waals surface area (Å²) < 4.78 is 0. The molecule has 0 radical (unpaired) electrons. The van der Waals surface area contributed by atoms with E-state index in [0.717, 1.165) is 25.7 Å². The number of aliphatic hydroxyl groups is 2. The van der Waals surface area contributed by atoms with Crippen LogP contribution in [0.2, 0.25) is 0 Å². The molecule has 0 unspecified atom stereocenters. The molecule has 1 rings (SSSR count). The molecule has 0 aliphatic heterocycles. The number of Topliss-reactive ketones (excluding diaryl/α,β-unsaturated/α-hetero) is 2. The third-order valence-corrected chi connectivity index (χ3v) is 3.20. The van der Waals surface area contributed by atoms with Gasteiger partial charge in [-0.25, -0.2) is 0 Å². The molecule has 17 heavy (non-hydrogen) atoms. The molecule has 0 heterocycles. The molecule has 2 N–H and O–H groups in total. The number of hydrogen-bond donors (Lipinski definition) is 2. The number of aliphatic hydroxyl groups excluding tert-OH is 2. The summed E-state index contributed by atoms with van der Waals surface area (Å²) in [6.07, 6.45) is 5.39. The molecular formula is C12H21NO4. The van der Waals surface area contributed by atoms with E-state index in [1.54, 1.807) is 4.90 Å². The van der Waals surface area contributed by atoms with E-state index in [9.17, 15) is 9.59 Å². The molecule has 0 aromatic carbocycles. The average molecular weight is 243 g/mol. The molecule has 0 bridgehead atoms. The second kappa shape index (κ2) is 7.53. The standard InChI is InChI=1S/C12H21NO4/c14-8-11(16)6-13(7-12(17)9-15)10-4-2-1-3-5-10/h10,14-15H,1-9H2. The van der Waals surface area contributed by atoms with Crippen LogP contribution >= 0.6 is 0 Å². The number of carbonyl (C=O) groups excluding carboxylic acids is 2. The molecule has 5 heteroatoms. The van der Waals surface area contributed by atoms with Crippen LogP contribution in [0.4, 0.5) is 0 Å². The van der Waals surface area contributed by atoms with Gasteiger partial charge in [-0.05, 0) is 12.8 Å². The molecule has 1 aliphatic rings. The molecular weight excluding hydrogens is 222 g/mol. The quantitative estimate of drug-likeness (QED) is 0.644. The van der Waals surface area contributed by atoms with Crippen LogP contribution in [-0.2, 0) is 9.59 Å². The van der Waals surface area contributed by atoms with Crippen molar-refractivity contribution >= 4 is 11.6 Å². The zero-order valence-corrected chi connectivity index (χ0v) is 10.1. The number of hydrogen-bond acceptors (Lipinski definition) is 5. The van der Waals surface area contributed by atoms with Gasteiger partial charge in [0.1, 0.15) is 13.2 Å². The van der Waals surface area contributed by atoms with Crippen LogP contribution in [0.15, 0.2) is 0 Å². The van der Waals surface area contributed by atoms with Gasteiger partial charge in [0.15, 0.2) is 11.6 Å². The van der Waals surface area contributed by atoms with Crippen LogP contribution in [0.1, 0.15) is 32.1 Å². The van der Waals surface area contributed by atoms with Gasteiger partial charge in [0, 0.05) is 6.04 Å². The van der Waals surface area contributed by atoms with Crippen LogP contribution in [0.5, 0.6) is 0 Å². The Morgan fingerprint density at radius 1 is 0.941 bits per heavy atom. The van der Waals surface area contributed by atoms with Crippen molar-refractivity contribution in [2.75, 3.05) is 26.3 Å². The fraction of sp³-hybridized carbons (Fsp3) is 0.833. The highest BCUT2D eigenvalue weighted by molar-refractivity contribution is 5.84. The van der Waals surface area contributed by atoms with Crippen LogP contribution in [0.3, 0.4) is 0 Å². The van der Waals surface area contributed by atoms with E-state index in [-0.39, 0.29) is 30.7 Å². The van der Waals surface area contributed by atoms with E-state index in [1.807, 2.05) is 0 Å². The highest BCUT2D eigenvalue weighted by atomic mass is 16.3. The number of nitrogens with zero attached hydrogens (tertiary/aromatic N) is 1. The second-order valence-corrected chi connectivity index (χ2v) is 4.59. The molecule has 0 atom stereocenters. The van der Waals surface area contributed by atoms with Crippen molar-refractivity contribution in [2.24, 2.45) is 0 Å². The Kier molecular flexibility index (Phi) is 6.32. The number of rotatable bonds is 7. The largest absolute Gasteiger partial charge is 0.389 e. The fourth-order valence-corrected chi connectivity index (χ4v) is 2.31. The summed E-state index contributed by atoms with van der Waals surface area (Å²) in [5.74, 6) is -0.553. The van der Waals surface area contributed by atoms with Crippen LogP contribution < -0.4 is 0 Å². The summed E-state index contributed by atoms with van der Waals surface area (Å²) in [5.41, 5.74) is 0. The van der Waals surface area contributed by atoms with Gasteiger partial charge in [-0.1, -0.05) is 19.3 Å². The first-order valence-electron chi connectivity index (χ1n) is 6.16. The van der Waals surface area contributed by atoms with Crippen LogP contribution in [-0.4, -0.2) is 59.0 Å². The normalized spacial score (nSPS) is 17.4. The van der Waals surface area contributed by atoms with E-state index >= 15 is 0 Å². The highest BCUT2D eigenvalue weighted by Gasteiger charge is 2.24. The van der Waals surface area contributed by atoms with Gasteiger partial charge in [-0.2, -0.15) is 0 Å². The smallest absolute Gasteiger partial charge is 0.172 e. The van der Waals surface area contributed by atoms with Crippen molar-refractivity contribution in [3.8, 4) is 0 Å². The van der Waals surface area contributed by atoms with Crippen molar-refractivity contribution < 1.29 is 19.8 Å². The Morgan fingerprint density at radius 2 is 1.41 bits per heavy atom. The van der Waals surface area contributed by atoms with Gasteiger partial charge < -0.3 is 10.2 Å². The molecule has 5 nitrogen and oxygen atoms in total. The van der Waals surface area contributed by atoms with Gasteiger partial charge in [-0.15, -0.1) is 0 Å². The lowest BCUT2D eigenvalue weighted by Gasteiger charge is -2.33. The third-order valence-electron chi connectivity index (χ3n) is 3.20. The molecule has 1 aliphatic carbocycles. The lowest BCUT2D eigenvalue weighted by atomic mass is 9.94. The van der Waals surface area contributed by atoms with Gasteiger partial charge in [0.2, 0.25) is 0 Å². The first-order chi connectivity index (χ1) is 8.17. The Bertz CT molecular complexity index is 243. The summed E-state index contributed by atoms with van der Waals surface area (Å²) in [7, 11) is 0. The van der Waals surface area contributed by atoms with Gasteiger partial charge in [0.25, 0.3) is 0 Å². The van der Waals surface area contributed by atoms with Crippen molar-refractivity contribution in [1.29, 1.82) is 0 Å². The monoisotopic (exact) mass is 243 g/mol. The summed E-state index contributed by atoms with van der Waals surface area (Å²) in [6.45, 7) is -0.771. The second-order valence-electron chi connectivity index (χ2n) is 4.59. The minimum atomic E-state index is -0.490. The van der Waals surface area contributed by atoms with Gasteiger partial charge in [0.05, 0.1) is 13.1 Å². The number of carbonyl (C=O) groups is 2. The fourth-order valence-electron chi connectivity index (χ4n) is 2.31. The molecule has 1 saturated carbocycles. The van der Waals surface area contributed by atoms with E-state index in [0.29, 0.717) is 0 Å². The molecule has 0 spiro atoms. The van der Waals surface area contributed by atoms with Crippen LogP contribution in [0, 0.1) is 0 Å². The minimum Gasteiger partial charge on any atom is -0.389 e. The van der Waals surface area contributed by atoms with Crippen LogP contribution in [0.25, 0.3) is 0 Å². The van der Waals surface area contributed by atoms with E-state index in [4.69, 9.17) is 10.2 Å². The first kappa shape index (κ1) is 14.3. The van der Waals surface area contributed by atoms with Crippen molar-refractivity contribution in [2.45, 2.75) is 38.1 Å². The Labute approximate surface area is 101 Å². The third kappa shape index (κ3) is 4.93. The van der Waals surface area contributed by atoms with E-state index < -0.39 is 13.2 Å². The maximum atomic E-state index is 11.3. The summed E-state index contributed by atoms with van der Waals surface area (Å²) in [4.78, 5) is 24.3. The Hall–Kier alpha value is -0.780. The molecule has 0 amide bonds. The maximum absolute atomic E-state index is 11.3. The van der Waals surface area contributed by atoms with E-state index in [2.05, 4.69) is 0 Å². The summed E-state index contributed by atoms with van der Waals surface area (Å²) >= 11 is 0. The molecule has 0 aromatic rings. The Balaban J connectivity index is 2.56. The average Bonchev–Trinajstić information content (AvgIpc) is 2.38. The van der Waals surface area contributed by atoms with Gasteiger partial charge >= 0.3 is 0 Å². The first-order valence-corrected chi connectivity index (χ1v) is 6.16. The molecule has 0 aromatic heterocycles. The zero-order chi connectivity index (χ0) is 12.7. The molecule has 0 saturated heterocycles. The summed E-state index contributed by atoms with van der Waals surface area (Å²) in [6, 6.07) is 0.231. The zero-order valence-electron chi connectivity index (χ0n) is 10.1. The lowest BCUT2D eigenvalue weighted by molar-refractivity contribution is -0.127. The highest BCUT2D eigenvalue weighted by Crippen LogP contribution is 2.22. The lowest BCUT2D eigenvalue weighted by Crippen LogP contribution is -2.44. The molecule has 98 valence electrons. The van der Waals surface area contributed by atoms with Crippen molar-refractivity contribution in [1.82, 2.24) is 4.90 Å². The SMILES string of the molecule is O=C(CO)CN(CC(=O)CO)C1CCCCC1. The predicted molar refractivity (Wildman–Crippen MR) is 62.6 cm³/mol.